The van der Waals surface area contributed by atoms with E-state index in [9.17, 15) is 4.79 Å². The molecule has 0 unspecified atom stereocenters. The zero-order chi connectivity index (χ0) is 22.3. The minimum absolute atomic E-state index is 0. The molecule has 3 N–H and O–H groups in total. The number of nitrogens with one attached hydrogen (secondary N) is 3. The number of rotatable bonds is 12. The summed E-state index contributed by atoms with van der Waals surface area (Å²) in [5.41, 5.74) is 1.68. The Kier molecular flexibility index (Phi) is 15.3. The number of carbonyl (C=O) groups is 1. The number of benzene rings is 1. The number of halogens is 1. The number of hydrogen-bond acceptors (Lipinski definition) is 4. The Hall–Kier alpha value is -1.39. The highest BCUT2D eigenvalue weighted by Gasteiger charge is 2.13. The molecule has 0 atom stereocenters. The molecule has 1 aliphatic carbocycles. The lowest BCUT2D eigenvalue weighted by Gasteiger charge is -2.22. The van der Waals surface area contributed by atoms with Crippen LogP contribution in [0.4, 0.5) is 0 Å². The van der Waals surface area contributed by atoms with Crippen molar-refractivity contribution in [3.8, 4) is 0 Å². The van der Waals surface area contributed by atoms with Crippen molar-refractivity contribution >= 4 is 35.8 Å². The summed E-state index contributed by atoms with van der Waals surface area (Å²) in [6, 6.07) is 7.67. The first kappa shape index (κ1) is 28.6. The summed E-state index contributed by atoms with van der Waals surface area (Å²) in [6.45, 7) is 6.45. The summed E-state index contributed by atoms with van der Waals surface area (Å²) in [6.07, 6.45) is 7.81. The van der Waals surface area contributed by atoms with Crippen LogP contribution >= 0.6 is 24.0 Å². The maximum atomic E-state index is 12.3. The Morgan fingerprint density at radius 1 is 1.12 bits per heavy atom. The van der Waals surface area contributed by atoms with Crippen LogP contribution in [0.5, 0.6) is 0 Å². The fraction of sp³-hybridized carbons (Fsp3) is 0.667. The summed E-state index contributed by atoms with van der Waals surface area (Å²) >= 11 is 0. The molecule has 1 saturated carbocycles. The lowest BCUT2D eigenvalue weighted by molar-refractivity contribution is 0.0277. The Balaban J connectivity index is 0.00000512. The van der Waals surface area contributed by atoms with Crippen LogP contribution in [0.15, 0.2) is 29.3 Å². The standard InChI is InChI=1S/C24H41N5O2.HI/c1-4-25-24(27-14-9-17-31-22-12-6-5-7-13-22)28-19-20-10-8-11-21(18-20)23(30)26-15-16-29(2)3;/h8,10-11,18,22H,4-7,9,12-17,19H2,1-3H3,(H,26,30)(H2,25,27,28);1H. The van der Waals surface area contributed by atoms with Gasteiger partial charge in [-0.2, -0.15) is 0 Å². The first-order valence-electron chi connectivity index (χ1n) is 11.7. The third-order valence-electron chi connectivity index (χ3n) is 5.32. The number of ether oxygens (including phenoxy) is 1. The molecule has 32 heavy (non-hydrogen) atoms. The zero-order valence-electron chi connectivity index (χ0n) is 20.0. The Morgan fingerprint density at radius 2 is 1.91 bits per heavy atom. The molecule has 0 radical (unpaired) electrons. The number of aliphatic imine (C=N–C) groups is 1. The molecule has 2 rings (SSSR count). The molecule has 1 fully saturated rings. The predicted octanol–water partition coefficient (Wildman–Crippen LogP) is 3.39. The van der Waals surface area contributed by atoms with Crippen LogP contribution in [0.1, 0.15) is 61.4 Å². The highest BCUT2D eigenvalue weighted by molar-refractivity contribution is 14.0. The summed E-state index contributed by atoms with van der Waals surface area (Å²) in [4.78, 5) is 19.1. The summed E-state index contributed by atoms with van der Waals surface area (Å²) < 4.78 is 5.99. The third-order valence-corrected chi connectivity index (χ3v) is 5.32. The van der Waals surface area contributed by atoms with E-state index in [2.05, 4.69) is 27.9 Å². The van der Waals surface area contributed by atoms with Crippen LogP contribution in [0, 0.1) is 0 Å². The molecular weight excluding hydrogens is 517 g/mol. The van der Waals surface area contributed by atoms with Crippen molar-refractivity contribution in [1.29, 1.82) is 0 Å². The van der Waals surface area contributed by atoms with Crippen molar-refractivity contribution in [3.63, 3.8) is 0 Å². The van der Waals surface area contributed by atoms with Crippen molar-refractivity contribution in [2.45, 2.75) is 58.1 Å². The summed E-state index contributed by atoms with van der Waals surface area (Å²) in [5.74, 6) is 0.747. The highest BCUT2D eigenvalue weighted by atomic mass is 127. The molecule has 8 heteroatoms. The second kappa shape index (κ2) is 17.1. The van der Waals surface area contributed by atoms with E-state index < -0.39 is 0 Å². The average Bonchev–Trinajstić information content (AvgIpc) is 2.77. The number of carbonyl (C=O) groups excluding carboxylic acids is 1. The van der Waals surface area contributed by atoms with Gasteiger partial charge >= 0.3 is 0 Å². The maximum absolute atomic E-state index is 12.3. The molecule has 0 aliphatic heterocycles. The molecule has 1 aromatic carbocycles. The van der Waals surface area contributed by atoms with Crippen molar-refractivity contribution in [3.05, 3.63) is 35.4 Å². The topological polar surface area (TPSA) is 78.0 Å². The zero-order valence-corrected chi connectivity index (χ0v) is 22.3. The molecule has 0 bridgehead atoms. The van der Waals surface area contributed by atoms with Crippen LogP contribution in [0.2, 0.25) is 0 Å². The number of amides is 1. The molecule has 0 heterocycles. The average molecular weight is 560 g/mol. The van der Waals surface area contributed by atoms with Crippen molar-refractivity contribution in [2.75, 3.05) is 46.9 Å². The SMILES string of the molecule is CCNC(=NCc1cccc(C(=O)NCCN(C)C)c1)NCCCOC1CCCCC1.I. The normalized spacial score (nSPS) is 14.7. The number of likely N-dealkylation sites (N-methyl/N-ethyl adjacent to an activating group) is 1. The molecule has 0 spiro atoms. The van der Waals surface area contributed by atoms with E-state index >= 15 is 0 Å². The van der Waals surface area contributed by atoms with Gasteiger partial charge < -0.3 is 25.6 Å². The van der Waals surface area contributed by atoms with E-state index in [4.69, 9.17) is 4.74 Å². The minimum Gasteiger partial charge on any atom is -0.378 e. The van der Waals surface area contributed by atoms with Gasteiger partial charge in [-0.25, -0.2) is 4.99 Å². The van der Waals surface area contributed by atoms with Crippen molar-refractivity contribution in [1.82, 2.24) is 20.9 Å². The van der Waals surface area contributed by atoms with E-state index in [0.29, 0.717) is 24.8 Å². The van der Waals surface area contributed by atoms with Gasteiger partial charge in [0.15, 0.2) is 5.96 Å². The molecule has 1 aliphatic rings. The fourth-order valence-electron chi connectivity index (χ4n) is 3.58. The van der Waals surface area contributed by atoms with E-state index in [1.54, 1.807) is 0 Å². The van der Waals surface area contributed by atoms with Crippen LogP contribution in [0.25, 0.3) is 0 Å². The van der Waals surface area contributed by atoms with Crippen LogP contribution < -0.4 is 16.0 Å². The van der Waals surface area contributed by atoms with E-state index in [1.807, 2.05) is 43.3 Å². The minimum atomic E-state index is -0.0457. The van der Waals surface area contributed by atoms with Gasteiger partial charge in [-0.05, 0) is 58.0 Å². The second-order valence-corrected chi connectivity index (χ2v) is 8.37. The quantitative estimate of drug-likeness (QED) is 0.159. The molecular formula is C24H42IN5O2. The van der Waals surface area contributed by atoms with Crippen molar-refractivity contribution < 1.29 is 9.53 Å². The van der Waals surface area contributed by atoms with Gasteiger partial charge in [0, 0.05) is 38.3 Å². The van der Waals surface area contributed by atoms with Gasteiger partial charge in [-0.1, -0.05) is 31.4 Å². The van der Waals surface area contributed by atoms with Gasteiger partial charge in [-0.3, -0.25) is 4.79 Å². The van der Waals surface area contributed by atoms with E-state index in [1.165, 1.54) is 32.1 Å². The van der Waals surface area contributed by atoms with Gasteiger partial charge in [-0.15, -0.1) is 24.0 Å². The number of hydrogen-bond donors (Lipinski definition) is 3. The Labute approximate surface area is 211 Å². The van der Waals surface area contributed by atoms with Gasteiger partial charge in [0.25, 0.3) is 5.91 Å². The van der Waals surface area contributed by atoms with Crippen LogP contribution in [-0.4, -0.2) is 69.8 Å². The maximum Gasteiger partial charge on any atom is 0.251 e. The summed E-state index contributed by atoms with van der Waals surface area (Å²) in [5, 5.41) is 9.62. The smallest absolute Gasteiger partial charge is 0.251 e. The second-order valence-electron chi connectivity index (χ2n) is 8.37. The monoisotopic (exact) mass is 559 g/mol. The first-order valence-corrected chi connectivity index (χ1v) is 11.7. The molecule has 182 valence electrons. The molecule has 0 aromatic heterocycles. The fourth-order valence-corrected chi connectivity index (χ4v) is 3.58. The van der Waals surface area contributed by atoms with Crippen LogP contribution in [-0.2, 0) is 11.3 Å². The number of guanidine groups is 1. The van der Waals surface area contributed by atoms with E-state index in [-0.39, 0.29) is 29.9 Å². The lowest BCUT2D eigenvalue weighted by Crippen LogP contribution is -2.38. The largest absolute Gasteiger partial charge is 0.378 e. The Bertz CT molecular complexity index is 678. The molecule has 1 amide bonds. The number of nitrogens with zero attached hydrogens (tertiary/aromatic N) is 2. The van der Waals surface area contributed by atoms with Gasteiger partial charge in [0.2, 0.25) is 0 Å². The highest BCUT2D eigenvalue weighted by Crippen LogP contribution is 2.20. The van der Waals surface area contributed by atoms with E-state index in [0.717, 1.165) is 44.2 Å². The van der Waals surface area contributed by atoms with Gasteiger partial charge in [0.1, 0.15) is 0 Å². The van der Waals surface area contributed by atoms with Crippen molar-refractivity contribution in [2.24, 2.45) is 4.99 Å². The first-order chi connectivity index (χ1) is 15.1. The molecule has 0 saturated heterocycles. The summed E-state index contributed by atoms with van der Waals surface area (Å²) in [7, 11) is 3.98. The predicted molar refractivity (Wildman–Crippen MR) is 143 cm³/mol. The lowest BCUT2D eigenvalue weighted by atomic mass is 9.98. The molecule has 1 aromatic rings. The Morgan fingerprint density at radius 3 is 2.62 bits per heavy atom. The molecule has 7 nitrogen and oxygen atoms in total. The van der Waals surface area contributed by atoms with Crippen LogP contribution in [0.3, 0.4) is 0 Å². The third kappa shape index (κ3) is 12.0. The van der Waals surface area contributed by atoms with Gasteiger partial charge in [0.05, 0.1) is 12.6 Å².